The van der Waals surface area contributed by atoms with Crippen molar-refractivity contribution >= 4 is 55.5 Å². The van der Waals surface area contributed by atoms with Crippen LogP contribution in [0.2, 0.25) is 5.28 Å². The number of fused-ring (bicyclic) bond motifs is 5. The quantitative estimate of drug-likeness (QED) is 0.329. The van der Waals surface area contributed by atoms with Crippen molar-refractivity contribution in [2.45, 2.75) is 45.4 Å². The Balaban J connectivity index is 1.33. The average Bonchev–Trinajstić information content (AvgIpc) is 3.16. The Labute approximate surface area is 223 Å². The summed E-state index contributed by atoms with van der Waals surface area (Å²) < 4.78 is 7.22. The van der Waals surface area contributed by atoms with Gasteiger partial charge in [0.2, 0.25) is 17.0 Å². The molecule has 0 spiro atoms. The van der Waals surface area contributed by atoms with Crippen molar-refractivity contribution in [2.24, 2.45) is 0 Å². The van der Waals surface area contributed by atoms with Gasteiger partial charge in [-0.2, -0.15) is 4.98 Å². The second kappa shape index (κ2) is 9.68. The Kier molecular flexibility index (Phi) is 6.36. The predicted molar refractivity (Wildman–Crippen MR) is 147 cm³/mol. The van der Waals surface area contributed by atoms with Gasteiger partial charge >= 0.3 is 0 Å². The number of halogens is 1. The van der Waals surface area contributed by atoms with E-state index < -0.39 is 0 Å². The molecule has 1 fully saturated rings. The van der Waals surface area contributed by atoms with Crippen molar-refractivity contribution in [1.82, 2.24) is 30.5 Å². The zero-order chi connectivity index (χ0) is 25.7. The van der Waals surface area contributed by atoms with Crippen LogP contribution in [0.3, 0.4) is 0 Å². The Bertz CT molecular complexity index is 1500. The number of hydrogen-bond donors (Lipinski definition) is 3. The van der Waals surface area contributed by atoms with Crippen LogP contribution < -0.4 is 20.7 Å². The number of carbonyl (C=O) groups excluding carboxylic acids is 1. The van der Waals surface area contributed by atoms with Crippen LogP contribution in [0, 0.1) is 0 Å². The Morgan fingerprint density at radius 2 is 1.92 bits per heavy atom. The summed E-state index contributed by atoms with van der Waals surface area (Å²) >= 11 is 7.63. The van der Waals surface area contributed by atoms with Crippen molar-refractivity contribution in [3.8, 4) is 11.8 Å². The maximum atomic E-state index is 12.7. The third kappa shape index (κ3) is 4.82. The monoisotopic (exact) mass is 537 g/mol. The zero-order valence-electron chi connectivity index (χ0n) is 20.8. The van der Waals surface area contributed by atoms with Crippen LogP contribution in [0.4, 0.5) is 5.69 Å². The summed E-state index contributed by atoms with van der Waals surface area (Å²) in [5, 5.41) is 12.1. The Morgan fingerprint density at radius 1 is 1.11 bits per heavy atom. The number of nitrogens with one attached hydrogen (secondary N) is 3. The first-order valence-electron chi connectivity index (χ1n) is 12.4. The van der Waals surface area contributed by atoms with E-state index in [1.807, 2.05) is 31.2 Å². The molecule has 1 saturated heterocycles. The van der Waals surface area contributed by atoms with Crippen LogP contribution in [0.15, 0.2) is 30.5 Å². The molecule has 0 aliphatic carbocycles. The highest BCUT2D eigenvalue weighted by atomic mass is 35.5. The molecule has 1 aromatic carbocycles. The van der Waals surface area contributed by atoms with E-state index in [-0.39, 0.29) is 17.2 Å². The summed E-state index contributed by atoms with van der Waals surface area (Å²) in [6, 6.07) is 8.64. The topological polar surface area (TPSA) is 104 Å². The molecule has 0 unspecified atom stereocenters. The third-order valence-electron chi connectivity index (χ3n) is 6.69. The number of anilines is 1. The molecular formula is C26H28ClN7O2S. The molecule has 4 aromatic rings. The van der Waals surface area contributed by atoms with Crippen molar-refractivity contribution in [3.05, 3.63) is 46.2 Å². The fourth-order valence-corrected chi connectivity index (χ4v) is 6.46. The molecule has 192 valence electrons. The number of hydrogen-bond acceptors (Lipinski definition) is 9. The van der Waals surface area contributed by atoms with Gasteiger partial charge < -0.3 is 20.7 Å². The van der Waals surface area contributed by atoms with E-state index in [0.717, 1.165) is 45.3 Å². The van der Waals surface area contributed by atoms with Gasteiger partial charge in [-0.05, 0) is 50.6 Å². The molecule has 6 rings (SSSR count). The van der Waals surface area contributed by atoms with Crippen molar-refractivity contribution < 1.29 is 9.53 Å². The fraction of sp³-hybridized carbons (Fsp3) is 0.385. The van der Waals surface area contributed by atoms with Gasteiger partial charge in [0.1, 0.15) is 4.88 Å². The molecule has 0 radical (unpaired) electrons. The minimum atomic E-state index is -0.0452. The summed E-state index contributed by atoms with van der Waals surface area (Å²) in [5.74, 6) is 0.783. The van der Waals surface area contributed by atoms with Gasteiger partial charge in [-0.1, -0.05) is 0 Å². The molecule has 11 heteroatoms. The average molecular weight is 538 g/mol. The second-order valence-corrected chi connectivity index (χ2v) is 11.3. The van der Waals surface area contributed by atoms with Gasteiger partial charge in [-0.3, -0.25) is 9.69 Å². The lowest BCUT2D eigenvalue weighted by Gasteiger charge is -2.36. The summed E-state index contributed by atoms with van der Waals surface area (Å²) in [4.78, 5) is 29.1. The molecule has 2 aliphatic rings. The number of benzene rings is 1. The normalized spacial score (nSPS) is 22.4. The first kappa shape index (κ1) is 24.3. The minimum Gasteiger partial charge on any atom is -0.420 e. The molecule has 5 heterocycles. The van der Waals surface area contributed by atoms with E-state index in [1.165, 1.54) is 11.3 Å². The number of piperazine rings is 1. The summed E-state index contributed by atoms with van der Waals surface area (Å²) in [6.07, 6.45) is 1.73. The summed E-state index contributed by atoms with van der Waals surface area (Å²) in [6.45, 7) is 9.52. The lowest BCUT2D eigenvalue weighted by Crippen LogP contribution is -2.53. The highest BCUT2D eigenvalue weighted by molar-refractivity contribution is 7.21. The van der Waals surface area contributed by atoms with Gasteiger partial charge in [-0.15, -0.1) is 11.3 Å². The molecule has 3 aromatic heterocycles. The van der Waals surface area contributed by atoms with Crippen LogP contribution in [-0.2, 0) is 6.54 Å². The third-order valence-corrected chi connectivity index (χ3v) is 8.02. The van der Waals surface area contributed by atoms with Crippen molar-refractivity contribution in [2.75, 3.05) is 25.0 Å². The Hall–Kier alpha value is -3.05. The maximum Gasteiger partial charge on any atom is 0.263 e. The number of amides is 1. The molecule has 2 aliphatic heterocycles. The zero-order valence-corrected chi connectivity index (χ0v) is 22.4. The van der Waals surface area contributed by atoms with E-state index in [2.05, 4.69) is 44.7 Å². The van der Waals surface area contributed by atoms with Crippen LogP contribution in [-0.4, -0.2) is 63.5 Å². The van der Waals surface area contributed by atoms with Crippen LogP contribution in [0.1, 0.15) is 36.0 Å². The number of ether oxygens (including phenoxy) is 1. The number of thiophene rings is 1. The van der Waals surface area contributed by atoms with Gasteiger partial charge in [0.05, 0.1) is 11.2 Å². The second-order valence-electron chi connectivity index (χ2n) is 9.95. The summed E-state index contributed by atoms with van der Waals surface area (Å²) in [7, 11) is 0. The molecule has 0 bridgehead atoms. The molecule has 9 nitrogen and oxygen atoms in total. The van der Waals surface area contributed by atoms with Crippen LogP contribution in [0.5, 0.6) is 11.8 Å². The molecule has 37 heavy (non-hydrogen) atoms. The Morgan fingerprint density at radius 3 is 2.73 bits per heavy atom. The van der Waals surface area contributed by atoms with Gasteiger partial charge in [0.15, 0.2) is 0 Å². The SMILES string of the molecule is C[C@@H]1CN(Cc2cnc(Cl)nc2Oc2ccc3c(ccc4sc5c(c43)NC[C@H](C)NC5=O)n2)C[C@H](C)N1. The van der Waals surface area contributed by atoms with Crippen molar-refractivity contribution in [3.63, 3.8) is 0 Å². The van der Waals surface area contributed by atoms with Crippen LogP contribution in [0.25, 0.3) is 21.0 Å². The first-order valence-corrected chi connectivity index (χ1v) is 13.6. The number of aromatic nitrogens is 3. The van der Waals surface area contributed by atoms with E-state index in [0.29, 0.717) is 41.8 Å². The largest absolute Gasteiger partial charge is 0.420 e. The van der Waals surface area contributed by atoms with E-state index in [9.17, 15) is 4.79 Å². The molecule has 0 saturated carbocycles. The smallest absolute Gasteiger partial charge is 0.263 e. The number of carbonyl (C=O) groups is 1. The molecule has 1 amide bonds. The van der Waals surface area contributed by atoms with Gasteiger partial charge in [0.25, 0.3) is 5.91 Å². The highest BCUT2D eigenvalue weighted by Gasteiger charge is 2.25. The van der Waals surface area contributed by atoms with Gasteiger partial charge in [-0.25, -0.2) is 9.97 Å². The molecule has 3 N–H and O–H groups in total. The predicted octanol–water partition coefficient (Wildman–Crippen LogP) is 4.41. The number of rotatable bonds is 4. The lowest BCUT2D eigenvalue weighted by molar-refractivity contribution is 0.0949. The molecular weight excluding hydrogens is 510 g/mol. The van der Waals surface area contributed by atoms with E-state index in [4.69, 9.17) is 21.3 Å². The van der Waals surface area contributed by atoms with E-state index >= 15 is 0 Å². The maximum absolute atomic E-state index is 12.7. The first-order chi connectivity index (χ1) is 17.8. The van der Waals surface area contributed by atoms with Crippen molar-refractivity contribution in [1.29, 1.82) is 0 Å². The lowest BCUT2D eigenvalue weighted by atomic mass is 10.1. The van der Waals surface area contributed by atoms with E-state index in [1.54, 1.807) is 6.20 Å². The van der Waals surface area contributed by atoms with Gasteiger partial charge in [0, 0.05) is 77.6 Å². The molecule has 3 atom stereocenters. The number of nitrogens with zero attached hydrogens (tertiary/aromatic N) is 4. The standard InChI is InChI=1S/C26H28ClN7O2S/c1-13-8-28-22-21-17-4-7-20(32-18(17)5-6-19(21)37-23(22)24(35)31-13)36-25-16(9-29-26(27)33-25)12-34-10-14(2)30-15(3)11-34/h4-7,9,13-15,28,30H,8,10-12H2,1-3H3,(H,31,35)/t13-,14-,15+/m0/s1. The summed E-state index contributed by atoms with van der Waals surface area (Å²) in [5.41, 5.74) is 2.50. The fourth-order valence-electron chi connectivity index (χ4n) is 5.24. The van der Waals surface area contributed by atoms with Crippen LogP contribution >= 0.6 is 22.9 Å². The highest BCUT2D eigenvalue weighted by Crippen LogP contribution is 2.41. The minimum absolute atomic E-state index is 0.0452. The number of pyridine rings is 1.